The van der Waals surface area contributed by atoms with Crippen LogP contribution >= 0.6 is 15.9 Å². The lowest BCUT2D eigenvalue weighted by atomic mass is 10.3. The monoisotopic (exact) mass is 289 g/mol. The van der Waals surface area contributed by atoms with E-state index in [1.165, 1.54) is 24.3 Å². The fraction of sp³-hybridized carbons (Fsp3) is 0.222. The average Bonchev–Trinajstić information content (AvgIpc) is 2.28. The fourth-order valence-corrected chi connectivity index (χ4v) is 1.15. The first kappa shape index (κ1) is 12.6. The maximum atomic E-state index is 11.1. The van der Waals surface area contributed by atoms with Gasteiger partial charge in [-0.3, -0.25) is 10.1 Å². The highest BCUT2D eigenvalue weighted by Crippen LogP contribution is 2.17. The average molecular weight is 290 g/mol. The number of hydrogen-bond donors (Lipinski definition) is 1. The first-order chi connectivity index (χ1) is 7.54. The minimum atomic E-state index is -1.25. The van der Waals surface area contributed by atoms with Crippen LogP contribution in [0.2, 0.25) is 0 Å². The third kappa shape index (κ3) is 3.28. The Morgan fingerprint density at radius 1 is 1.50 bits per heavy atom. The minimum Gasteiger partial charge on any atom is -0.425 e. The normalized spacial score (nSPS) is 11.9. The smallest absolute Gasteiger partial charge is 0.341 e. The van der Waals surface area contributed by atoms with E-state index in [0.717, 1.165) is 0 Å². The second kappa shape index (κ2) is 5.57. The predicted molar refractivity (Wildman–Crippen MR) is 58.5 cm³/mol. The summed E-state index contributed by atoms with van der Waals surface area (Å²) in [7, 11) is 0. The van der Waals surface area contributed by atoms with Crippen LogP contribution in [-0.4, -0.2) is 27.4 Å². The van der Waals surface area contributed by atoms with Gasteiger partial charge in [0, 0.05) is 17.5 Å². The number of ether oxygens (including phenoxy) is 1. The molecule has 6 nitrogen and oxygen atoms in total. The molecule has 7 heteroatoms. The summed E-state index contributed by atoms with van der Waals surface area (Å²) >= 11 is 2.92. The predicted octanol–water partition coefficient (Wildman–Crippen LogP) is 1.26. The SMILES string of the molecule is O=C(Oc1ccc([N+](=O)[O-])cc1)[C@@H](O)CBr. The number of carbonyl (C=O) groups is 1. The Balaban J connectivity index is 2.69. The van der Waals surface area contributed by atoms with Crippen LogP contribution < -0.4 is 4.74 Å². The Labute approximate surface area is 99.1 Å². The molecular formula is C9H8BrNO5. The van der Waals surface area contributed by atoms with Crippen LogP contribution in [0.15, 0.2) is 24.3 Å². The Hall–Kier alpha value is -1.47. The van der Waals surface area contributed by atoms with E-state index in [9.17, 15) is 14.9 Å². The molecule has 0 aliphatic carbocycles. The number of alkyl halides is 1. The molecule has 0 fully saturated rings. The molecule has 0 saturated heterocycles. The molecule has 0 spiro atoms. The lowest BCUT2D eigenvalue weighted by Gasteiger charge is -2.06. The van der Waals surface area contributed by atoms with E-state index in [1.807, 2.05) is 0 Å². The van der Waals surface area contributed by atoms with Crippen LogP contribution in [0, 0.1) is 10.1 Å². The van der Waals surface area contributed by atoms with E-state index in [1.54, 1.807) is 0 Å². The zero-order chi connectivity index (χ0) is 12.1. The van der Waals surface area contributed by atoms with Crippen LogP contribution in [0.4, 0.5) is 5.69 Å². The zero-order valence-corrected chi connectivity index (χ0v) is 9.59. The van der Waals surface area contributed by atoms with Crippen molar-refractivity contribution in [1.82, 2.24) is 0 Å². The number of hydrogen-bond acceptors (Lipinski definition) is 5. The lowest BCUT2D eigenvalue weighted by Crippen LogP contribution is -2.26. The summed E-state index contributed by atoms with van der Waals surface area (Å²) in [6, 6.07) is 5.00. The molecule has 1 aromatic rings. The van der Waals surface area contributed by atoms with Crippen LogP contribution in [-0.2, 0) is 4.79 Å². The number of aliphatic hydroxyl groups is 1. The van der Waals surface area contributed by atoms with E-state index < -0.39 is 17.0 Å². The van der Waals surface area contributed by atoms with E-state index in [4.69, 9.17) is 9.84 Å². The maximum absolute atomic E-state index is 11.1. The van der Waals surface area contributed by atoms with Gasteiger partial charge in [0.05, 0.1) is 4.92 Å². The van der Waals surface area contributed by atoms with Gasteiger partial charge in [-0.25, -0.2) is 4.79 Å². The third-order valence-corrected chi connectivity index (χ3v) is 2.30. The van der Waals surface area contributed by atoms with Crippen molar-refractivity contribution in [2.45, 2.75) is 6.10 Å². The second-order valence-corrected chi connectivity index (χ2v) is 3.49. The molecule has 0 unspecified atom stereocenters. The molecule has 0 amide bonds. The maximum Gasteiger partial charge on any atom is 0.341 e. The topological polar surface area (TPSA) is 89.7 Å². The van der Waals surface area contributed by atoms with Crippen molar-refractivity contribution < 1.29 is 19.6 Å². The minimum absolute atomic E-state index is 0.0683. The van der Waals surface area contributed by atoms with Gasteiger partial charge in [-0.1, -0.05) is 15.9 Å². The number of halogens is 1. The van der Waals surface area contributed by atoms with Gasteiger partial charge in [0.2, 0.25) is 0 Å². The summed E-state index contributed by atoms with van der Waals surface area (Å²) in [6.07, 6.45) is -1.25. The molecule has 0 aliphatic heterocycles. The van der Waals surface area contributed by atoms with Crippen LogP contribution in [0.3, 0.4) is 0 Å². The van der Waals surface area contributed by atoms with Gasteiger partial charge >= 0.3 is 5.97 Å². The second-order valence-electron chi connectivity index (χ2n) is 2.84. The lowest BCUT2D eigenvalue weighted by molar-refractivity contribution is -0.384. The van der Waals surface area contributed by atoms with Gasteiger partial charge in [-0.15, -0.1) is 0 Å². The van der Waals surface area contributed by atoms with E-state index in [-0.39, 0.29) is 16.8 Å². The highest BCUT2D eigenvalue weighted by molar-refractivity contribution is 9.09. The van der Waals surface area contributed by atoms with Crippen molar-refractivity contribution in [3.8, 4) is 5.75 Å². The van der Waals surface area contributed by atoms with E-state index in [2.05, 4.69) is 15.9 Å². The van der Waals surface area contributed by atoms with Gasteiger partial charge in [0.1, 0.15) is 5.75 Å². The molecule has 0 heterocycles. The molecule has 0 bridgehead atoms. The van der Waals surface area contributed by atoms with E-state index in [0.29, 0.717) is 0 Å². The van der Waals surface area contributed by atoms with Crippen molar-refractivity contribution in [1.29, 1.82) is 0 Å². The zero-order valence-electron chi connectivity index (χ0n) is 8.00. The van der Waals surface area contributed by atoms with Crippen LogP contribution in [0.25, 0.3) is 0 Å². The first-order valence-corrected chi connectivity index (χ1v) is 5.37. The molecule has 0 aliphatic rings. The van der Waals surface area contributed by atoms with Gasteiger partial charge in [0.25, 0.3) is 5.69 Å². The molecule has 0 saturated carbocycles. The van der Waals surface area contributed by atoms with Crippen molar-refractivity contribution in [3.63, 3.8) is 0 Å². The Bertz CT molecular complexity index is 391. The van der Waals surface area contributed by atoms with Crippen LogP contribution in [0.1, 0.15) is 0 Å². The molecule has 1 aromatic carbocycles. The number of benzene rings is 1. The summed E-state index contributed by atoms with van der Waals surface area (Å²) in [5, 5.41) is 19.5. The van der Waals surface area contributed by atoms with Gasteiger partial charge in [-0.2, -0.15) is 0 Å². The number of nitro groups is 1. The number of nitro benzene ring substituents is 1. The molecule has 0 radical (unpaired) electrons. The van der Waals surface area contributed by atoms with Crippen molar-refractivity contribution >= 4 is 27.6 Å². The molecule has 16 heavy (non-hydrogen) atoms. The Morgan fingerprint density at radius 3 is 2.50 bits per heavy atom. The van der Waals surface area contributed by atoms with Crippen molar-refractivity contribution in [3.05, 3.63) is 34.4 Å². The molecule has 1 rings (SSSR count). The molecule has 0 aromatic heterocycles. The number of non-ortho nitro benzene ring substituents is 1. The summed E-state index contributed by atoms with van der Waals surface area (Å²) < 4.78 is 4.76. The molecular weight excluding hydrogens is 282 g/mol. The number of carbonyl (C=O) groups excluding carboxylic acids is 1. The summed E-state index contributed by atoms with van der Waals surface area (Å²) in [5.74, 6) is -0.665. The number of aliphatic hydroxyl groups excluding tert-OH is 1. The fourth-order valence-electron chi connectivity index (χ4n) is 0.883. The number of nitrogens with zero attached hydrogens (tertiary/aromatic N) is 1. The first-order valence-electron chi connectivity index (χ1n) is 4.24. The van der Waals surface area contributed by atoms with Crippen molar-refractivity contribution in [2.24, 2.45) is 0 Å². The summed E-state index contributed by atoms with van der Waals surface area (Å²) in [6.45, 7) is 0. The molecule has 86 valence electrons. The van der Waals surface area contributed by atoms with Crippen molar-refractivity contribution in [2.75, 3.05) is 5.33 Å². The van der Waals surface area contributed by atoms with Gasteiger partial charge in [-0.05, 0) is 12.1 Å². The van der Waals surface area contributed by atoms with E-state index >= 15 is 0 Å². The van der Waals surface area contributed by atoms with Gasteiger partial charge in [0.15, 0.2) is 6.10 Å². The highest BCUT2D eigenvalue weighted by Gasteiger charge is 2.16. The Morgan fingerprint density at radius 2 is 2.06 bits per heavy atom. The third-order valence-electron chi connectivity index (χ3n) is 1.68. The number of rotatable bonds is 4. The highest BCUT2D eigenvalue weighted by atomic mass is 79.9. The summed E-state index contributed by atoms with van der Waals surface area (Å²) in [4.78, 5) is 20.9. The summed E-state index contributed by atoms with van der Waals surface area (Å²) in [5.41, 5.74) is -0.0964. The molecule has 1 atom stereocenters. The largest absolute Gasteiger partial charge is 0.425 e. The Kier molecular flexibility index (Phi) is 4.39. The number of esters is 1. The van der Waals surface area contributed by atoms with Crippen LogP contribution in [0.5, 0.6) is 5.75 Å². The molecule has 1 N–H and O–H groups in total. The standard InChI is InChI=1S/C9H8BrNO5/c10-5-8(12)9(13)16-7-3-1-6(2-4-7)11(14)15/h1-4,8,12H,5H2/t8-/m0/s1. The van der Waals surface area contributed by atoms with Gasteiger partial charge < -0.3 is 9.84 Å². The quantitative estimate of drug-likeness (QED) is 0.296.